The molecule has 96 valence electrons. The van der Waals surface area contributed by atoms with Crippen LogP contribution < -0.4 is 5.73 Å². The summed E-state index contributed by atoms with van der Waals surface area (Å²) in [6.07, 6.45) is 2.60. The maximum Gasteiger partial charge on any atom is 0.152 e. The molecule has 0 spiro atoms. The van der Waals surface area contributed by atoms with E-state index in [0.29, 0.717) is 13.0 Å². The Hall–Kier alpha value is -0.130. The quantitative estimate of drug-likeness (QED) is 0.751. The lowest BCUT2D eigenvalue weighted by Crippen LogP contribution is -2.39. The minimum Gasteiger partial charge on any atom is -0.393 e. The normalized spacial score (nSPS) is 31.2. The van der Waals surface area contributed by atoms with Crippen LogP contribution in [0.5, 0.6) is 0 Å². The molecule has 2 atom stereocenters. The second-order valence-corrected chi connectivity index (χ2v) is 7.82. The summed E-state index contributed by atoms with van der Waals surface area (Å²) in [5.74, 6) is 0.138. The fourth-order valence-electron chi connectivity index (χ4n) is 2.33. The van der Waals surface area contributed by atoms with Crippen LogP contribution >= 0.6 is 0 Å². The van der Waals surface area contributed by atoms with E-state index in [1.165, 1.54) is 0 Å². The van der Waals surface area contributed by atoms with Crippen molar-refractivity contribution >= 4 is 9.84 Å². The zero-order valence-corrected chi connectivity index (χ0v) is 11.0. The van der Waals surface area contributed by atoms with Crippen molar-refractivity contribution < 1.29 is 13.5 Å². The second-order valence-electron chi connectivity index (χ2n) is 5.14. The zero-order valence-electron chi connectivity index (χ0n) is 10.1. The van der Waals surface area contributed by atoms with Crippen molar-refractivity contribution in [3.05, 3.63) is 0 Å². The van der Waals surface area contributed by atoms with E-state index >= 15 is 0 Å². The lowest BCUT2D eigenvalue weighted by Gasteiger charge is -2.31. The van der Waals surface area contributed by atoms with E-state index in [9.17, 15) is 13.5 Å². The van der Waals surface area contributed by atoms with Crippen LogP contribution in [0.3, 0.4) is 0 Å². The van der Waals surface area contributed by atoms with Gasteiger partial charge in [-0.05, 0) is 33.1 Å². The summed E-state index contributed by atoms with van der Waals surface area (Å²) in [6.45, 7) is 3.76. The Morgan fingerprint density at radius 1 is 1.50 bits per heavy atom. The first-order valence-corrected chi connectivity index (χ1v) is 7.65. The van der Waals surface area contributed by atoms with Gasteiger partial charge in [0.2, 0.25) is 0 Å². The molecule has 0 radical (unpaired) electrons. The molecule has 0 aliphatic heterocycles. The van der Waals surface area contributed by atoms with Crippen LogP contribution in [0.15, 0.2) is 0 Å². The van der Waals surface area contributed by atoms with Gasteiger partial charge in [-0.1, -0.05) is 6.42 Å². The van der Waals surface area contributed by atoms with Gasteiger partial charge in [-0.3, -0.25) is 0 Å². The van der Waals surface area contributed by atoms with Crippen molar-refractivity contribution in [1.82, 2.24) is 0 Å². The summed E-state index contributed by atoms with van der Waals surface area (Å²) in [5, 5.41) is 9.55. The van der Waals surface area contributed by atoms with E-state index in [0.717, 1.165) is 19.3 Å². The van der Waals surface area contributed by atoms with Gasteiger partial charge < -0.3 is 10.8 Å². The summed E-state index contributed by atoms with van der Waals surface area (Å²) in [5.41, 5.74) is 5.35. The van der Waals surface area contributed by atoms with Gasteiger partial charge in [0.25, 0.3) is 0 Å². The summed E-state index contributed by atoms with van der Waals surface area (Å²) >= 11 is 0. The summed E-state index contributed by atoms with van der Waals surface area (Å²) < 4.78 is 23.5. The molecule has 1 aliphatic carbocycles. The van der Waals surface area contributed by atoms with Gasteiger partial charge in [0, 0.05) is 12.0 Å². The molecule has 2 unspecified atom stereocenters. The molecule has 0 heterocycles. The van der Waals surface area contributed by atoms with Crippen LogP contribution in [0, 0.1) is 5.41 Å². The average molecular weight is 249 g/mol. The Morgan fingerprint density at radius 3 is 2.50 bits per heavy atom. The number of hydrogen-bond acceptors (Lipinski definition) is 4. The number of aliphatic hydroxyl groups excluding tert-OH is 1. The van der Waals surface area contributed by atoms with E-state index in [1.54, 1.807) is 13.8 Å². The van der Waals surface area contributed by atoms with E-state index in [-0.39, 0.29) is 16.4 Å². The van der Waals surface area contributed by atoms with Gasteiger partial charge >= 0.3 is 0 Å². The van der Waals surface area contributed by atoms with Gasteiger partial charge in [-0.15, -0.1) is 0 Å². The molecule has 1 rings (SSSR count). The molecule has 0 bridgehead atoms. The molecule has 0 aromatic carbocycles. The fourth-order valence-corrected chi connectivity index (χ4v) is 3.50. The molecule has 1 fully saturated rings. The topological polar surface area (TPSA) is 80.4 Å². The van der Waals surface area contributed by atoms with Gasteiger partial charge in [0.1, 0.15) is 0 Å². The first kappa shape index (κ1) is 13.9. The van der Waals surface area contributed by atoms with Crippen molar-refractivity contribution in [2.45, 2.75) is 50.9 Å². The minimum atomic E-state index is -3.02. The molecule has 5 heteroatoms. The van der Waals surface area contributed by atoms with Crippen LogP contribution in [0.2, 0.25) is 0 Å². The van der Waals surface area contributed by atoms with Crippen LogP contribution in [0.4, 0.5) is 0 Å². The van der Waals surface area contributed by atoms with E-state index in [4.69, 9.17) is 5.73 Å². The smallest absolute Gasteiger partial charge is 0.152 e. The minimum absolute atomic E-state index is 0.138. The molecule has 0 aromatic heterocycles. The number of nitrogens with two attached hydrogens (primary N) is 1. The summed E-state index contributed by atoms with van der Waals surface area (Å²) in [7, 11) is -3.02. The first-order chi connectivity index (χ1) is 7.34. The number of hydrogen-bond donors (Lipinski definition) is 2. The molecule has 0 amide bonds. The predicted molar refractivity (Wildman–Crippen MR) is 64.9 cm³/mol. The Morgan fingerprint density at radius 2 is 2.12 bits per heavy atom. The number of aliphatic hydroxyl groups is 1. The third-order valence-electron chi connectivity index (χ3n) is 3.87. The highest BCUT2D eigenvalue weighted by molar-refractivity contribution is 7.91. The first-order valence-electron chi connectivity index (χ1n) is 5.94. The second kappa shape index (κ2) is 5.02. The van der Waals surface area contributed by atoms with Crippen LogP contribution in [-0.2, 0) is 9.84 Å². The predicted octanol–water partition coefficient (Wildman–Crippen LogP) is 0.690. The highest BCUT2D eigenvalue weighted by Gasteiger charge is 2.41. The van der Waals surface area contributed by atoms with E-state index < -0.39 is 15.9 Å². The van der Waals surface area contributed by atoms with Gasteiger partial charge in [0.05, 0.1) is 17.1 Å². The molecule has 1 saturated carbocycles. The fraction of sp³-hybridized carbons (Fsp3) is 1.00. The molecular formula is C11H23NO3S. The molecule has 0 saturated heterocycles. The van der Waals surface area contributed by atoms with Crippen LogP contribution in [-0.4, -0.2) is 37.2 Å². The van der Waals surface area contributed by atoms with Gasteiger partial charge in [-0.25, -0.2) is 8.42 Å². The third-order valence-corrected chi connectivity index (χ3v) is 6.08. The average Bonchev–Trinajstić information content (AvgIpc) is 2.58. The monoisotopic (exact) mass is 249 g/mol. The number of rotatable bonds is 5. The van der Waals surface area contributed by atoms with Crippen LogP contribution in [0.25, 0.3) is 0 Å². The SMILES string of the molecule is CC(C)S(=O)(=O)CCC1(CN)CCCC1O. The van der Waals surface area contributed by atoms with E-state index in [1.807, 2.05) is 0 Å². The van der Waals surface area contributed by atoms with Crippen molar-refractivity contribution in [1.29, 1.82) is 0 Å². The molecule has 1 aliphatic rings. The van der Waals surface area contributed by atoms with Gasteiger partial charge in [0.15, 0.2) is 9.84 Å². The highest BCUT2D eigenvalue weighted by atomic mass is 32.2. The lowest BCUT2D eigenvalue weighted by atomic mass is 9.81. The number of sulfone groups is 1. The standard InChI is InChI=1S/C11H23NO3S/c1-9(2)16(14,15)7-6-11(8-12)5-3-4-10(11)13/h9-10,13H,3-8,12H2,1-2H3. The molecular weight excluding hydrogens is 226 g/mol. The van der Waals surface area contributed by atoms with E-state index in [2.05, 4.69) is 0 Å². The Labute approximate surface area is 98.1 Å². The molecule has 3 N–H and O–H groups in total. The highest BCUT2D eigenvalue weighted by Crippen LogP contribution is 2.40. The van der Waals surface area contributed by atoms with Crippen molar-refractivity contribution in [2.75, 3.05) is 12.3 Å². The lowest BCUT2D eigenvalue weighted by molar-refractivity contribution is 0.0564. The van der Waals surface area contributed by atoms with Gasteiger partial charge in [-0.2, -0.15) is 0 Å². The molecule has 0 aromatic rings. The van der Waals surface area contributed by atoms with Crippen molar-refractivity contribution in [2.24, 2.45) is 11.1 Å². The van der Waals surface area contributed by atoms with Crippen LogP contribution in [0.1, 0.15) is 39.5 Å². The third kappa shape index (κ3) is 2.76. The largest absolute Gasteiger partial charge is 0.393 e. The Balaban J connectivity index is 2.66. The van der Waals surface area contributed by atoms with Crippen molar-refractivity contribution in [3.63, 3.8) is 0 Å². The summed E-state index contributed by atoms with van der Waals surface area (Å²) in [4.78, 5) is 0. The Kier molecular flexibility index (Phi) is 4.37. The maximum atomic E-state index is 11.7. The Bertz CT molecular complexity index is 326. The molecule has 16 heavy (non-hydrogen) atoms. The van der Waals surface area contributed by atoms with Crippen molar-refractivity contribution in [3.8, 4) is 0 Å². The zero-order chi connectivity index (χ0) is 12.4. The summed E-state index contributed by atoms with van der Waals surface area (Å²) in [6, 6.07) is 0. The molecule has 4 nitrogen and oxygen atoms in total. The maximum absolute atomic E-state index is 11.7.